The number of hydrogen-bond acceptors (Lipinski definition) is 4. The molecule has 1 saturated heterocycles. The van der Waals surface area contributed by atoms with Crippen LogP contribution in [0.3, 0.4) is 0 Å². The van der Waals surface area contributed by atoms with E-state index in [0.717, 1.165) is 30.6 Å². The fourth-order valence-electron chi connectivity index (χ4n) is 4.07. The zero-order valence-electron chi connectivity index (χ0n) is 15.3. The van der Waals surface area contributed by atoms with E-state index in [-0.39, 0.29) is 17.8 Å². The Morgan fingerprint density at radius 3 is 2.54 bits per heavy atom. The Morgan fingerprint density at radius 1 is 1.08 bits per heavy atom. The minimum Gasteiger partial charge on any atom is -0.493 e. The molecule has 0 amide bonds. The minimum absolute atomic E-state index is 0.159. The maximum absolute atomic E-state index is 14.5. The average Bonchev–Trinajstić information content (AvgIpc) is 2.67. The number of benzene rings is 2. The first kappa shape index (κ1) is 17.0. The van der Waals surface area contributed by atoms with Crippen molar-refractivity contribution in [2.75, 3.05) is 34.4 Å². The highest BCUT2D eigenvalue weighted by Gasteiger charge is 2.36. The third-order valence-corrected chi connectivity index (χ3v) is 5.41. The maximum atomic E-state index is 14.5. The summed E-state index contributed by atoms with van der Waals surface area (Å²) < 4.78 is 25.5. The van der Waals surface area contributed by atoms with Crippen LogP contribution in [0.25, 0.3) is 0 Å². The summed E-state index contributed by atoms with van der Waals surface area (Å²) in [5.74, 6) is 1.36. The second kappa shape index (κ2) is 6.72. The van der Waals surface area contributed by atoms with Gasteiger partial charge < -0.3 is 14.4 Å². The van der Waals surface area contributed by atoms with Gasteiger partial charge in [0.1, 0.15) is 5.82 Å². The van der Waals surface area contributed by atoms with Gasteiger partial charge in [-0.2, -0.15) is 0 Å². The third kappa shape index (κ3) is 2.76. The van der Waals surface area contributed by atoms with Gasteiger partial charge in [-0.3, -0.25) is 4.99 Å². The molecule has 2 aromatic carbocycles. The summed E-state index contributed by atoms with van der Waals surface area (Å²) >= 11 is 0. The van der Waals surface area contributed by atoms with Gasteiger partial charge in [-0.25, -0.2) is 4.39 Å². The van der Waals surface area contributed by atoms with E-state index < -0.39 is 0 Å². The summed E-state index contributed by atoms with van der Waals surface area (Å²) in [4.78, 5) is 7.32. The van der Waals surface area contributed by atoms with Gasteiger partial charge in [-0.1, -0.05) is 12.1 Å². The summed E-state index contributed by atoms with van der Waals surface area (Å²) in [6, 6.07) is 11.0. The summed E-state index contributed by atoms with van der Waals surface area (Å²) in [5, 5.41) is 0. The molecule has 4 rings (SSSR count). The summed E-state index contributed by atoms with van der Waals surface area (Å²) in [6.45, 7) is 1.93. The standard InChI is InChI=1S/C21H23FN2O2/c1-24-9-8-18-16(12-24)14-10-19(25-2)20(26-3)11-15(14)21(23-18)13-6-4-5-7-17(13)22/h4-7,10-11,16,18H,8-9,12H2,1-3H3/t16-,18-/m1/s1. The average molecular weight is 354 g/mol. The van der Waals surface area contributed by atoms with Crippen LogP contribution in [0.15, 0.2) is 41.4 Å². The van der Waals surface area contributed by atoms with E-state index in [2.05, 4.69) is 11.9 Å². The number of hydrogen-bond donors (Lipinski definition) is 0. The van der Waals surface area contributed by atoms with E-state index in [1.165, 1.54) is 6.07 Å². The Balaban J connectivity index is 1.93. The molecule has 0 aromatic heterocycles. The molecule has 0 radical (unpaired) electrons. The molecule has 0 spiro atoms. The highest BCUT2D eigenvalue weighted by atomic mass is 19.1. The van der Waals surface area contributed by atoms with Gasteiger partial charge in [0.2, 0.25) is 0 Å². The van der Waals surface area contributed by atoms with Gasteiger partial charge in [-0.15, -0.1) is 0 Å². The molecule has 0 unspecified atom stereocenters. The molecule has 1 fully saturated rings. The number of ether oxygens (including phenoxy) is 2. The van der Waals surface area contributed by atoms with Crippen LogP contribution < -0.4 is 9.47 Å². The number of halogens is 1. The predicted octanol–water partition coefficient (Wildman–Crippen LogP) is 3.48. The van der Waals surface area contributed by atoms with Crippen molar-refractivity contribution in [3.63, 3.8) is 0 Å². The highest BCUT2D eigenvalue weighted by Crippen LogP contribution is 2.42. The number of likely N-dealkylation sites (tertiary alicyclic amines) is 1. The number of piperidine rings is 1. The number of methoxy groups -OCH3 is 2. The third-order valence-electron chi connectivity index (χ3n) is 5.41. The number of fused-ring (bicyclic) bond motifs is 3. The molecule has 2 heterocycles. The zero-order valence-corrected chi connectivity index (χ0v) is 15.3. The Kier molecular flexibility index (Phi) is 4.41. The van der Waals surface area contributed by atoms with Crippen molar-refractivity contribution < 1.29 is 13.9 Å². The lowest BCUT2D eigenvalue weighted by molar-refractivity contribution is 0.227. The van der Waals surface area contributed by atoms with E-state index in [1.807, 2.05) is 18.2 Å². The van der Waals surface area contributed by atoms with Gasteiger partial charge >= 0.3 is 0 Å². The van der Waals surface area contributed by atoms with Crippen LogP contribution in [0.1, 0.15) is 29.0 Å². The Labute approximate surface area is 153 Å². The maximum Gasteiger partial charge on any atom is 0.161 e. The van der Waals surface area contributed by atoms with Crippen LogP contribution >= 0.6 is 0 Å². The van der Waals surface area contributed by atoms with Gasteiger partial charge in [0, 0.05) is 23.6 Å². The smallest absolute Gasteiger partial charge is 0.161 e. The molecular formula is C21H23FN2O2. The lowest BCUT2D eigenvalue weighted by atomic mass is 9.79. The number of likely N-dealkylation sites (N-methyl/N-ethyl adjacent to an activating group) is 1. The summed E-state index contributed by atoms with van der Waals surface area (Å²) in [5.41, 5.74) is 3.35. The van der Waals surface area contributed by atoms with E-state index >= 15 is 0 Å². The molecule has 5 heteroatoms. The Bertz CT molecular complexity index is 865. The van der Waals surface area contributed by atoms with Gasteiger partial charge in [0.15, 0.2) is 11.5 Å². The van der Waals surface area contributed by atoms with Crippen LogP contribution in [0.2, 0.25) is 0 Å². The van der Waals surface area contributed by atoms with E-state index in [9.17, 15) is 4.39 Å². The summed E-state index contributed by atoms with van der Waals surface area (Å²) in [6.07, 6.45) is 0.965. The lowest BCUT2D eigenvalue weighted by Gasteiger charge is -2.39. The molecule has 2 atom stereocenters. The number of rotatable bonds is 3. The van der Waals surface area contributed by atoms with Crippen molar-refractivity contribution in [2.24, 2.45) is 4.99 Å². The fraction of sp³-hybridized carbons (Fsp3) is 0.381. The second-order valence-corrected chi connectivity index (χ2v) is 6.98. The molecular weight excluding hydrogens is 331 g/mol. The van der Waals surface area contributed by atoms with Crippen LogP contribution in [-0.2, 0) is 0 Å². The van der Waals surface area contributed by atoms with Crippen molar-refractivity contribution >= 4 is 5.71 Å². The second-order valence-electron chi connectivity index (χ2n) is 6.98. The predicted molar refractivity (Wildman–Crippen MR) is 100 cm³/mol. The molecule has 2 aliphatic heterocycles. The van der Waals surface area contributed by atoms with E-state index in [0.29, 0.717) is 22.8 Å². The van der Waals surface area contributed by atoms with Crippen molar-refractivity contribution in [1.82, 2.24) is 4.90 Å². The molecule has 2 aromatic rings. The molecule has 4 nitrogen and oxygen atoms in total. The first-order valence-corrected chi connectivity index (χ1v) is 8.90. The first-order chi connectivity index (χ1) is 12.6. The normalized spacial score (nSPS) is 22.2. The molecule has 2 aliphatic rings. The van der Waals surface area contributed by atoms with Crippen molar-refractivity contribution in [2.45, 2.75) is 18.4 Å². The molecule has 26 heavy (non-hydrogen) atoms. The molecule has 0 bridgehead atoms. The largest absolute Gasteiger partial charge is 0.493 e. The minimum atomic E-state index is -0.252. The van der Waals surface area contributed by atoms with Gasteiger partial charge in [-0.05, 0) is 49.8 Å². The molecule has 0 aliphatic carbocycles. The topological polar surface area (TPSA) is 34.1 Å². The van der Waals surface area contributed by atoms with E-state index in [4.69, 9.17) is 14.5 Å². The first-order valence-electron chi connectivity index (χ1n) is 8.90. The van der Waals surface area contributed by atoms with E-state index in [1.54, 1.807) is 26.4 Å². The highest BCUT2D eigenvalue weighted by molar-refractivity contribution is 6.15. The number of aliphatic imine (C=N–C) groups is 1. The van der Waals surface area contributed by atoms with Crippen LogP contribution in [0.4, 0.5) is 4.39 Å². The molecule has 0 N–H and O–H groups in total. The molecule has 136 valence electrons. The SMILES string of the molecule is COc1cc2c(cc1OC)[C@H]1CN(C)CC[C@H]1N=C2c1ccccc1F. The van der Waals surface area contributed by atoms with Crippen molar-refractivity contribution in [3.05, 3.63) is 58.9 Å². The fourth-order valence-corrected chi connectivity index (χ4v) is 4.07. The lowest BCUT2D eigenvalue weighted by Crippen LogP contribution is -2.42. The summed E-state index contributed by atoms with van der Waals surface area (Å²) in [7, 11) is 5.39. The number of nitrogens with zero attached hydrogens (tertiary/aromatic N) is 2. The monoisotopic (exact) mass is 354 g/mol. The van der Waals surface area contributed by atoms with Crippen molar-refractivity contribution in [1.29, 1.82) is 0 Å². The zero-order chi connectivity index (χ0) is 18.3. The van der Waals surface area contributed by atoms with Gasteiger partial charge in [0.05, 0.1) is 26.0 Å². The van der Waals surface area contributed by atoms with Crippen LogP contribution in [0.5, 0.6) is 11.5 Å². The van der Waals surface area contributed by atoms with Crippen LogP contribution in [-0.4, -0.2) is 51.0 Å². The quantitative estimate of drug-likeness (QED) is 0.846. The van der Waals surface area contributed by atoms with Crippen LogP contribution in [0, 0.1) is 5.82 Å². The Morgan fingerprint density at radius 2 is 1.81 bits per heavy atom. The Hall–Kier alpha value is -2.40. The van der Waals surface area contributed by atoms with Crippen molar-refractivity contribution in [3.8, 4) is 11.5 Å². The van der Waals surface area contributed by atoms with Gasteiger partial charge in [0.25, 0.3) is 0 Å². The molecule has 0 saturated carbocycles.